The predicted octanol–water partition coefficient (Wildman–Crippen LogP) is 2.51. The van der Waals surface area contributed by atoms with E-state index in [1.165, 1.54) is 0 Å². The first-order valence-corrected chi connectivity index (χ1v) is 5.44. The molecule has 0 radical (unpaired) electrons. The molecule has 2 nitrogen and oxygen atoms in total. The van der Waals surface area contributed by atoms with Gasteiger partial charge in [-0.3, -0.25) is 4.79 Å². The molecule has 0 aliphatic carbocycles. The molecule has 0 spiro atoms. The van der Waals surface area contributed by atoms with Crippen molar-refractivity contribution in [2.24, 2.45) is 5.92 Å². The summed E-state index contributed by atoms with van der Waals surface area (Å²) in [5, 5.41) is 0. The topological polar surface area (TPSA) is 20.3 Å². The number of nitrogens with zero attached hydrogens (tertiary/aromatic N) is 1. The van der Waals surface area contributed by atoms with Crippen LogP contribution in [0.15, 0.2) is 0 Å². The van der Waals surface area contributed by atoms with Gasteiger partial charge in [0.15, 0.2) is 0 Å². The average molecular weight is 206 g/mol. The monoisotopic (exact) mass is 205 g/mol. The minimum Gasteiger partial charge on any atom is -0.342 e. The highest BCUT2D eigenvalue weighted by molar-refractivity contribution is 6.18. The fourth-order valence-corrected chi connectivity index (χ4v) is 1.45. The lowest BCUT2D eigenvalue weighted by molar-refractivity contribution is -0.135. The fraction of sp³-hybridized carbons (Fsp3) is 0.900. The summed E-state index contributed by atoms with van der Waals surface area (Å²) >= 11 is 5.69. The van der Waals surface area contributed by atoms with Gasteiger partial charge in [0.05, 0.1) is 0 Å². The van der Waals surface area contributed by atoms with Gasteiger partial charge < -0.3 is 4.90 Å². The van der Waals surface area contributed by atoms with E-state index in [0.717, 1.165) is 12.8 Å². The number of alkyl halides is 1. The number of amides is 1. The molecule has 0 rings (SSSR count). The van der Waals surface area contributed by atoms with Crippen LogP contribution in [0.2, 0.25) is 0 Å². The summed E-state index contributed by atoms with van der Waals surface area (Å²) in [5.41, 5.74) is 0. The van der Waals surface area contributed by atoms with Crippen molar-refractivity contribution in [1.29, 1.82) is 0 Å². The average Bonchev–Trinajstić information content (AvgIpc) is 2.17. The van der Waals surface area contributed by atoms with Crippen LogP contribution >= 0.6 is 11.6 Å². The minimum atomic E-state index is 0.134. The van der Waals surface area contributed by atoms with Gasteiger partial charge in [-0.05, 0) is 19.8 Å². The highest BCUT2D eigenvalue weighted by Gasteiger charge is 2.21. The van der Waals surface area contributed by atoms with E-state index in [1.807, 2.05) is 27.8 Å². The van der Waals surface area contributed by atoms with Gasteiger partial charge in [0, 0.05) is 24.9 Å². The summed E-state index contributed by atoms with van der Waals surface area (Å²) in [6, 6.07) is 0.134. The number of hydrogen-bond donors (Lipinski definition) is 0. The van der Waals surface area contributed by atoms with Crippen LogP contribution in [-0.2, 0) is 4.79 Å². The van der Waals surface area contributed by atoms with Gasteiger partial charge in [0.2, 0.25) is 5.91 Å². The SMILES string of the molecule is CCC(CC)C(=O)N(C)C(C)CCl. The van der Waals surface area contributed by atoms with Crippen LogP contribution in [0.3, 0.4) is 0 Å². The summed E-state index contributed by atoms with van der Waals surface area (Å²) in [6.07, 6.45) is 1.82. The van der Waals surface area contributed by atoms with Gasteiger partial charge in [-0.1, -0.05) is 13.8 Å². The summed E-state index contributed by atoms with van der Waals surface area (Å²) in [4.78, 5) is 13.5. The highest BCUT2D eigenvalue weighted by atomic mass is 35.5. The van der Waals surface area contributed by atoms with E-state index >= 15 is 0 Å². The first-order valence-electron chi connectivity index (χ1n) is 4.91. The number of carbonyl (C=O) groups excluding carboxylic acids is 1. The second-order valence-electron chi connectivity index (χ2n) is 3.47. The summed E-state index contributed by atoms with van der Waals surface area (Å²) < 4.78 is 0. The van der Waals surface area contributed by atoms with Crippen LogP contribution in [0.1, 0.15) is 33.6 Å². The van der Waals surface area contributed by atoms with E-state index < -0.39 is 0 Å². The van der Waals surface area contributed by atoms with E-state index in [2.05, 4.69) is 0 Å². The molecule has 0 aliphatic rings. The van der Waals surface area contributed by atoms with Gasteiger partial charge in [-0.25, -0.2) is 0 Å². The Balaban J connectivity index is 4.22. The molecule has 0 heterocycles. The Morgan fingerprint density at radius 2 is 1.85 bits per heavy atom. The zero-order valence-corrected chi connectivity index (χ0v) is 9.77. The largest absolute Gasteiger partial charge is 0.342 e. The van der Waals surface area contributed by atoms with Gasteiger partial charge in [0.1, 0.15) is 0 Å². The molecule has 78 valence electrons. The molecule has 0 bridgehead atoms. The standard InChI is InChI=1S/C10H20ClNO/c1-5-9(6-2)10(13)12(4)8(3)7-11/h8-9H,5-7H2,1-4H3. The van der Waals surface area contributed by atoms with Crippen LogP contribution in [0.5, 0.6) is 0 Å². The molecule has 0 saturated heterocycles. The van der Waals surface area contributed by atoms with Crippen molar-refractivity contribution < 1.29 is 4.79 Å². The first-order chi connectivity index (χ1) is 6.08. The predicted molar refractivity (Wildman–Crippen MR) is 57.0 cm³/mol. The number of rotatable bonds is 5. The van der Waals surface area contributed by atoms with E-state index in [-0.39, 0.29) is 17.9 Å². The van der Waals surface area contributed by atoms with Gasteiger partial charge in [0.25, 0.3) is 0 Å². The summed E-state index contributed by atoms with van der Waals surface area (Å²) in [5.74, 6) is 0.886. The van der Waals surface area contributed by atoms with E-state index in [1.54, 1.807) is 4.90 Å². The van der Waals surface area contributed by atoms with E-state index in [4.69, 9.17) is 11.6 Å². The smallest absolute Gasteiger partial charge is 0.225 e. The Bertz CT molecular complexity index is 157. The van der Waals surface area contributed by atoms with Crippen molar-refractivity contribution in [3.05, 3.63) is 0 Å². The molecule has 1 atom stereocenters. The Labute approximate surface area is 86.2 Å². The molecule has 0 N–H and O–H groups in total. The van der Waals surface area contributed by atoms with Gasteiger partial charge in [-0.15, -0.1) is 11.6 Å². The number of halogens is 1. The lowest BCUT2D eigenvalue weighted by Crippen LogP contribution is -2.39. The van der Waals surface area contributed by atoms with Crippen LogP contribution in [0, 0.1) is 5.92 Å². The third-order valence-electron chi connectivity index (χ3n) is 2.57. The number of carbonyl (C=O) groups is 1. The van der Waals surface area contributed by atoms with Crippen LogP contribution in [-0.4, -0.2) is 29.8 Å². The van der Waals surface area contributed by atoms with E-state index in [9.17, 15) is 4.79 Å². The molecule has 0 aromatic carbocycles. The second-order valence-corrected chi connectivity index (χ2v) is 3.77. The van der Waals surface area contributed by atoms with Crippen molar-refractivity contribution in [2.45, 2.75) is 39.7 Å². The van der Waals surface area contributed by atoms with Gasteiger partial charge >= 0.3 is 0 Å². The maximum absolute atomic E-state index is 11.8. The third kappa shape index (κ3) is 3.55. The van der Waals surface area contributed by atoms with Gasteiger partial charge in [-0.2, -0.15) is 0 Å². The quantitative estimate of drug-likeness (QED) is 0.632. The summed E-state index contributed by atoms with van der Waals surface area (Å²) in [7, 11) is 1.83. The third-order valence-corrected chi connectivity index (χ3v) is 3.01. The Kier molecular flexibility index (Phi) is 6.13. The maximum Gasteiger partial charge on any atom is 0.225 e. The second kappa shape index (κ2) is 6.25. The normalized spacial score (nSPS) is 13.1. The maximum atomic E-state index is 11.8. The van der Waals surface area contributed by atoms with Crippen LogP contribution in [0.25, 0.3) is 0 Å². The molecule has 0 aromatic heterocycles. The Hall–Kier alpha value is -0.240. The molecule has 13 heavy (non-hydrogen) atoms. The molecule has 1 amide bonds. The Morgan fingerprint density at radius 1 is 1.38 bits per heavy atom. The lowest BCUT2D eigenvalue weighted by atomic mass is 10.0. The van der Waals surface area contributed by atoms with Crippen LogP contribution in [0.4, 0.5) is 0 Å². The molecule has 0 fully saturated rings. The zero-order valence-electron chi connectivity index (χ0n) is 9.01. The first kappa shape index (κ1) is 12.8. The van der Waals surface area contributed by atoms with Crippen LogP contribution < -0.4 is 0 Å². The highest BCUT2D eigenvalue weighted by Crippen LogP contribution is 2.13. The van der Waals surface area contributed by atoms with Crippen molar-refractivity contribution in [3.63, 3.8) is 0 Å². The molecular weight excluding hydrogens is 186 g/mol. The fourth-order valence-electron chi connectivity index (χ4n) is 1.25. The molecule has 0 aliphatic heterocycles. The van der Waals surface area contributed by atoms with E-state index in [0.29, 0.717) is 5.88 Å². The van der Waals surface area contributed by atoms with Crippen molar-refractivity contribution in [3.8, 4) is 0 Å². The molecular formula is C10H20ClNO. The lowest BCUT2D eigenvalue weighted by Gasteiger charge is -2.26. The van der Waals surface area contributed by atoms with Crippen molar-refractivity contribution >= 4 is 17.5 Å². The van der Waals surface area contributed by atoms with Crippen molar-refractivity contribution in [2.75, 3.05) is 12.9 Å². The summed E-state index contributed by atoms with van der Waals surface area (Å²) in [6.45, 7) is 6.06. The number of hydrogen-bond acceptors (Lipinski definition) is 1. The minimum absolute atomic E-state index is 0.134. The van der Waals surface area contributed by atoms with Crippen molar-refractivity contribution in [1.82, 2.24) is 4.90 Å². The Morgan fingerprint density at radius 3 is 2.15 bits per heavy atom. The molecule has 0 aromatic rings. The zero-order chi connectivity index (χ0) is 10.4. The molecule has 1 unspecified atom stereocenters. The molecule has 3 heteroatoms. The molecule has 0 saturated carbocycles.